The zero-order chi connectivity index (χ0) is 8.20. The average molecular weight is 156 g/mol. The van der Waals surface area contributed by atoms with Gasteiger partial charge in [0.25, 0.3) is 0 Å². The van der Waals surface area contributed by atoms with Crippen LogP contribution in [-0.2, 0) is 9.63 Å². The van der Waals surface area contributed by atoms with E-state index in [0.29, 0.717) is 0 Å². The number of hydrogen-bond donors (Lipinski definition) is 1. The Morgan fingerprint density at radius 3 is 2.40 bits per heavy atom. The number of carbonyl (C=O) groups is 1. The highest BCUT2D eigenvalue weighted by molar-refractivity contribution is 5.75. The second kappa shape index (κ2) is 3.04. The molecule has 0 aliphatic heterocycles. The summed E-state index contributed by atoms with van der Waals surface area (Å²) >= 11 is 0. The van der Waals surface area contributed by atoms with Crippen molar-refractivity contribution < 1.29 is 22.8 Å². The number of halogens is 3. The van der Waals surface area contributed by atoms with Crippen LogP contribution < -0.4 is 5.59 Å². The smallest absolute Gasteiger partial charge is 0.317 e. The standard InChI is InChI=1S/C3H3F3N2O2/c1-7-8-10-2(9)3(4,5)6/h8H,1H2. The first-order valence-corrected chi connectivity index (χ1v) is 1.97. The number of carbonyl (C=O) groups excluding carboxylic acids is 1. The van der Waals surface area contributed by atoms with Gasteiger partial charge in [-0.05, 0) is 0 Å². The monoisotopic (exact) mass is 156 g/mol. The van der Waals surface area contributed by atoms with Crippen LogP contribution in [0.25, 0.3) is 0 Å². The van der Waals surface area contributed by atoms with E-state index in [2.05, 4.69) is 16.7 Å². The van der Waals surface area contributed by atoms with Crippen LogP contribution >= 0.6 is 0 Å². The Labute approximate surface area is 53.6 Å². The van der Waals surface area contributed by atoms with Gasteiger partial charge in [0.05, 0.1) is 0 Å². The molecule has 0 aliphatic carbocycles. The summed E-state index contributed by atoms with van der Waals surface area (Å²) in [5, 5.41) is 2.65. The van der Waals surface area contributed by atoms with Crippen molar-refractivity contribution in [2.75, 3.05) is 0 Å². The molecule has 0 amide bonds. The van der Waals surface area contributed by atoms with Gasteiger partial charge < -0.3 is 4.84 Å². The van der Waals surface area contributed by atoms with Gasteiger partial charge in [0.1, 0.15) is 0 Å². The summed E-state index contributed by atoms with van der Waals surface area (Å²) in [5.74, 6) is -2.36. The lowest BCUT2D eigenvalue weighted by Gasteiger charge is -2.02. The second-order valence-electron chi connectivity index (χ2n) is 1.14. The first kappa shape index (κ1) is 8.73. The van der Waals surface area contributed by atoms with Crippen LogP contribution in [-0.4, -0.2) is 18.9 Å². The molecule has 7 heteroatoms. The highest BCUT2D eigenvalue weighted by Crippen LogP contribution is 2.15. The highest BCUT2D eigenvalue weighted by atomic mass is 19.4. The molecule has 0 rings (SSSR count). The molecule has 0 radical (unpaired) electrons. The molecule has 0 aromatic rings. The number of hydrazone groups is 1. The number of nitrogens with zero attached hydrogens (tertiary/aromatic N) is 1. The molecular weight excluding hydrogens is 153 g/mol. The molecule has 0 atom stereocenters. The van der Waals surface area contributed by atoms with Gasteiger partial charge in [-0.2, -0.15) is 18.3 Å². The largest absolute Gasteiger partial charge is 0.493 e. The lowest BCUT2D eigenvalue weighted by molar-refractivity contribution is -0.206. The Hall–Kier alpha value is -1.27. The summed E-state index contributed by atoms with van der Waals surface area (Å²) in [5.41, 5.74) is 1.30. The SMILES string of the molecule is C=NNOC(=O)C(F)(F)F. The first-order valence-electron chi connectivity index (χ1n) is 1.97. The molecular formula is C3H3F3N2O2. The lowest BCUT2D eigenvalue weighted by Crippen LogP contribution is -2.29. The van der Waals surface area contributed by atoms with E-state index >= 15 is 0 Å². The normalized spacial score (nSPS) is 10.3. The van der Waals surface area contributed by atoms with Crippen molar-refractivity contribution in [3.63, 3.8) is 0 Å². The molecule has 0 fully saturated rings. The van der Waals surface area contributed by atoms with Crippen LogP contribution in [0.5, 0.6) is 0 Å². The van der Waals surface area contributed by atoms with Crippen molar-refractivity contribution in [2.24, 2.45) is 5.10 Å². The van der Waals surface area contributed by atoms with E-state index < -0.39 is 12.1 Å². The molecule has 0 aliphatic rings. The van der Waals surface area contributed by atoms with Crippen LogP contribution in [0.1, 0.15) is 0 Å². The van der Waals surface area contributed by atoms with E-state index in [4.69, 9.17) is 0 Å². The third-order valence-corrected chi connectivity index (χ3v) is 0.434. The minimum atomic E-state index is -5.00. The van der Waals surface area contributed by atoms with E-state index in [1.54, 1.807) is 0 Å². The summed E-state index contributed by atoms with van der Waals surface area (Å²) in [4.78, 5) is 13.0. The maximum atomic E-state index is 11.2. The van der Waals surface area contributed by atoms with Crippen molar-refractivity contribution in [1.29, 1.82) is 0 Å². The van der Waals surface area contributed by atoms with Gasteiger partial charge in [0.15, 0.2) is 0 Å². The maximum absolute atomic E-state index is 11.2. The van der Waals surface area contributed by atoms with Gasteiger partial charge >= 0.3 is 12.1 Å². The molecule has 1 N–H and O–H groups in total. The minimum absolute atomic E-state index is 1.30. The molecule has 0 unspecified atom stereocenters. The van der Waals surface area contributed by atoms with Crippen LogP contribution in [0.15, 0.2) is 5.10 Å². The molecule has 0 saturated carbocycles. The van der Waals surface area contributed by atoms with Gasteiger partial charge in [-0.15, -0.1) is 5.59 Å². The molecule has 58 valence electrons. The van der Waals surface area contributed by atoms with E-state index in [0.717, 1.165) is 0 Å². The second-order valence-corrected chi connectivity index (χ2v) is 1.14. The Morgan fingerprint density at radius 1 is 1.60 bits per heavy atom. The predicted molar refractivity (Wildman–Crippen MR) is 24.8 cm³/mol. The van der Waals surface area contributed by atoms with Crippen LogP contribution in [0.4, 0.5) is 13.2 Å². The van der Waals surface area contributed by atoms with Crippen molar-refractivity contribution in [3.8, 4) is 0 Å². The third kappa shape index (κ3) is 2.90. The van der Waals surface area contributed by atoms with Gasteiger partial charge in [0, 0.05) is 6.72 Å². The van der Waals surface area contributed by atoms with E-state index in [-0.39, 0.29) is 0 Å². The number of nitrogens with one attached hydrogen (secondary N) is 1. The van der Waals surface area contributed by atoms with E-state index in [9.17, 15) is 18.0 Å². The number of rotatable bonds is 2. The van der Waals surface area contributed by atoms with Gasteiger partial charge in [-0.25, -0.2) is 4.79 Å². The van der Waals surface area contributed by atoms with Crippen LogP contribution in [0.2, 0.25) is 0 Å². The first-order chi connectivity index (χ1) is 4.48. The summed E-state index contributed by atoms with van der Waals surface area (Å²) in [7, 11) is 0. The molecule has 0 heterocycles. The van der Waals surface area contributed by atoms with Crippen molar-refractivity contribution in [3.05, 3.63) is 0 Å². The zero-order valence-corrected chi connectivity index (χ0v) is 4.60. The van der Waals surface area contributed by atoms with Gasteiger partial charge in [-0.3, -0.25) is 0 Å². The Bertz CT molecular complexity index is 143. The van der Waals surface area contributed by atoms with Crippen molar-refractivity contribution in [1.82, 2.24) is 5.59 Å². The lowest BCUT2D eigenvalue weighted by atomic mass is 10.7. The summed E-state index contributed by atoms with van der Waals surface area (Å²) in [6.07, 6.45) is -5.00. The van der Waals surface area contributed by atoms with Crippen molar-refractivity contribution >= 4 is 12.7 Å². The van der Waals surface area contributed by atoms with Crippen LogP contribution in [0, 0.1) is 0 Å². The maximum Gasteiger partial charge on any atom is 0.493 e. The molecule has 4 nitrogen and oxygen atoms in total. The number of alkyl halides is 3. The molecule has 0 spiro atoms. The van der Waals surface area contributed by atoms with Gasteiger partial charge in [-0.1, -0.05) is 0 Å². The quantitative estimate of drug-likeness (QED) is 0.459. The predicted octanol–water partition coefficient (Wildman–Crippen LogP) is 0.212. The Balaban J connectivity index is 3.74. The molecule has 0 saturated heterocycles. The minimum Gasteiger partial charge on any atom is -0.317 e. The summed E-state index contributed by atoms with van der Waals surface area (Å²) in [6.45, 7) is 2.71. The topological polar surface area (TPSA) is 50.7 Å². The number of hydrogen-bond acceptors (Lipinski definition) is 4. The Morgan fingerprint density at radius 2 is 2.10 bits per heavy atom. The fourth-order valence-corrected chi connectivity index (χ4v) is 0.132. The fourth-order valence-electron chi connectivity index (χ4n) is 0.132. The van der Waals surface area contributed by atoms with Crippen LogP contribution in [0.3, 0.4) is 0 Å². The fraction of sp³-hybridized carbons (Fsp3) is 0.333. The average Bonchev–Trinajstić information content (AvgIpc) is 1.80. The Kier molecular flexibility index (Phi) is 2.65. The highest BCUT2D eigenvalue weighted by Gasteiger charge is 2.41. The van der Waals surface area contributed by atoms with Gasteiger partial charge in [0.2, 0.25) is 0 Å². The van der Waals surface area contributed by atoms with E-state index in [1.165, 1.54) is 5.59 Å². The molecule has 0 aromatic carbocycles. The summed E-state index contributed by atoms with van der Waals surface area (Å²) < 4.78 is 33.6. The van der Waals surface area contributed by atoms with E-state index in [1.807, 2.05) is 0 Å². The van der Waals surface area contributed by atoms with Crippen molar-refractivity contribution in [2.45, 2.75) is 6.18 Å². The summed E-state index contributed by atoms with van der Waals surface area (Å²) in [6, 6.07) is 0. The zero-order valence-electron chi connectivity index (χ0n) is 4.60. The molecule has 0 aromatic heterocycles. The molecule has 10 heavy (non-hydrogen) atoms. The third-order valence-electron chi connectivity index (χ3n) is 0.434. The molecule has 0 bridgehead atoms.